The van der Waals surface area contributed by atoms with Gasteiger partial charge in [0.1, 0.15) is 5.54 Å². The Morgan fingerprint density at radius 2 is 1.68 bits per heavy atom. The minimum Gasteiger partial charge on any atom is -0.493 e. The van der Waals surface area contributed by atoms with Crippen molar-refractivity contribution in [3.8, 4) is 11.5 Å². The largest absolute Gasteiger partial charge is 0.493 e. The van der Waals surface area contributed by atoms with Crippen LogP contribution in [-0.4, -0.2) is 37.9 Å². The van der Waals surface area contributed by atoms with Crippen LogP contribution in [0.3, 0.4) is 0 Å². The Bertz CT molecular complexity index is 483. The standard InChI is InChI=1S/C14H21NO4/c1-9-7-11(18-5)12(19-6)8-10(9)15(4)14(2,3)13(16)17/h7-8H,1-6H3,(H,16,17). The third-order valence-electron chi connectivity index (χ3n) is 3.43. The molecule has 1 rings (SSSR count). The first kappa shape index (κ1) is 15.1. The average molecular weight is 267 g/mol. The highest BCUT2D eigenvalue weighted by molar-refractivity contribution is 5.83. The molecule has 19 heavy (non-hydrogen) atoms. The first-order valence-corrected chi connectivity index (χ1v) is 5.95. The molecule has 0 aromatic heterocycles. The summed E-state index contributed by atoms with van der Waals surface area (Å²) >= 11 is 0. The van der Waals surface area contributed by atoms with E-state index in [1.807, 2.05) is 13.0 Å². The van der Waals surface area contributed by atoms with Gasteiger partial charge in [-0.05, 0) is 32.4 Å². The maximum atomic E-state index is 11.3. The molecule has 0 amide bonds. The minimum absolute atomic E-state index is 0.580. The molecule has 0 aliphatic rings. The van der Waals surface area contributed by atoms with Crippen LogP contribution < -0.4 is 14.4 Å². The van der Waals surface area contributed by atoms with Crippen molar-refractivity contribution < 1.29 is 19.4 Å². The number of benzene rings is 1. The number of carboxylic acids is 1. The number of likely N-dealkylation sites (N-methyl/N-ethyl adjacent to an activating group) is 1. The van der Waals surface area contributed by atoms with Crippen molar-refractivity contribution in [3.05, 3.63) is 17.7 Å². The Balaban J connectivity index is 3.31. The number of anilines is 1. The monoisotopic (exact) mass is 267 g/mol. The normalized spacial score (nSPS) is 11.1. The second kappa shape index (κ2) is 5.38. The molecule has 0 aliphatic carbocycles. The van der Waals surface area contributed by atoms with Crippen LogP contribution in [-0.2, 0) is 4.79 Å². The molecule has 0 unspecified atom stereocenters. The van der Waals surface area contributed by atoms with E-state index >= 15 is 0 Å². The average Bonchev–Trinajstić information content (AvgIpc) is 2.37. The molecule has 0 bridgehead atoms. The van der Waals surface area contributed by atoms with Crippen molar-refractivity contribution in [1.29, 1.82) is 0 Å². The second-order valence-electron chi connectivity index (χ2n) is 4.92. The predicted molar refractivity (Wildman–Crippen MR) is 74.4 cm³/mol. The number of carboxylic acid groups (broad SMARTS) is 1. The lowest BCUT2D eigenvalue weighted by Crippen LogP contribution is -2.48. The maximum Gasteiger partial charge on any atom is 0.328 e. The van der Waals surface area contributed by atoms with E-state index in [-0.39, 0.29) is 0 Å². The number of aryl methyl sites for hydroxylation is 1. The Kier molecular flexibility index (Phi) is 4.29. The van der Waals surface area contributed by atoms with Crippen molar-refractivity contribution in [2.75, 3.05) is 26.2 Å². The molecule has 0 spiro atoms. The van der Waals surface area contributed by atoms with Crippen LogP contribution in [0.2, 0.25) is 0 Å². The van der Waals surface area contributed by atoms with Gasteiger partial charge < -0.3 is 19.5 Å². The van der Waals surface area contributed by atoms with Crippen molar-refractivity contribution in [1.82, 2.24) is 0 Å². The molecule has 5 nitrogen and oxygen atoms in total. The fourth-order valence-electron chi connectivity index (χ4n) is 1.78. The fraction of sp³-hybridized carbons (Fsp3) is 0.500. The van der Waals surface area contributed by atoms with E-state index < -0.39 is 11.5 Å². The van der Waals surface area contributed by atoms with Crippen LogP contribution >= 0.6 is 0 Å². The van der Waals surface area contributed by atoms with E-state index in [2.05, 4.69) is 0 Å². The number of hydrogen-bond acceptors (Lipinski definition) is 4. The van der Waals surface area contributed by atoms with Crippen LogP contribution in [0.5, 0.6) is 11.5 Å². The van der Waals surface area contributed by atoms with Crippen molar-refractivity contribution >= 4 is 11.7 Å². The predicted octanol–water partition coefficient (Wildman–Crippen LogP) is 2.31. The van der Waals surface area contributed by atoms with E-state index in [0.717, 1.165) is 11.3 Å². The van der Waals surface area contributed by atoms with Crippen LogP contribution in [0.4, 0.5) is 5.69 Å². The fourth-order valence-corrected chi connectivity index (χ4v) is 1.78. The molecule has 0 radical (unpaired) electrons. The molecule has 0 heterocycles. The molecule has 1 aromatic rings. The van der Waals surface area contributed by atoms with Crippen LogP contribution in [0.15, 0.2) is 12.1 Å². The van der Waals surface area contributed by atoms with Crippen LogP contribution in [0.25, 0.3) is 0 Å². The summed E-state index contributed by atoms with van der Waals surface area (Å²) in [5.74, 6) is 0.325. The number of methoxy groups -OCH3 is 2. The number of rotatable bonds is 5. The molecular weight excluding hydrogens is 246 g/mol. The summed E-state index contributed by atoms with van der Waals surface area (Å²) in [7, 11) is 4.88. The van der Waals surface area contributed by atoms with Crippen LogP contribution in [0.1, 0.15) is 19.4 Å². The van der Waals surface area contributed by atoms with E-state index in [1.54, 1.807) is 46.1 Å². The number of aliphatic carboxylic acids is 1. The van der Waals surface area contributed by atoms with Crippen molar-refractivity contribution in [2.24, 2.45) is 0 Å². The zero-order valence-electron chi connectivity index (χ0n) is 12.3. The molecule has 5 heteroatoms. The van der Waals surface area contributed by atoms with Crippen molar-refractivity contribution in [3.63, 3.8) is 0 Å². The van der Waals surface area contributed by atoms with E-state index in [0.29, 0.717) is 11.5 Å². The van der Waals surface area contributed by atoms with E-state index in [9.17, 15) is 9.90 Å². The SMILES string of the molecule is COc1cc(C)c(N(C)C(C)(C)C(=O)O)cc1OC. The first-order chi connectivity index (χ1) is 8.75. The summed E-state index contributed by atoms with van der Waals surface area (Å²) in [6.07, 6.45) is 0. The van der Waals surface area contributed by atoms with Gasteiger partial charge in [0.15, 0.2) is 11.5 Å². The highest BCUT2D eigenvalue weighted by atomic mass is 16.5. The van der Waals surface area contributed by atoms with Gasteiger partial charge in [0.25, 0.3) is 0 Å². The Labute approximate surface area is 113 Å². The molecule has 0 aliphatic heterocycles. The van der Waals surface area contributed by atoms with Crippen molar-refractivity contribution in [2.45, 2.75) is 26.3 Å². The summed E-state index contributed by atoms with van der Waals surface area (Å²) < 4.78 is 10.5. The molecule has 0 saturated heterocycles. The first-order valence-electron chi connectivity index (χ1n) is 5.95. The number of nitrogens with zero attached hydrogens (tertiary/aromatic N) is 1. The summed E-state index contributed by atoms with van der Waals surface area (Å²) in [6, 6.07) is 3.63. The highest BCUT2D eigenvalue weighted by Crippen LogP contribution is 2.36. The minimum atomic E-state index is -1.01. The van der Waals surface area contributed by atoms with Gasteiger partial charge in [-0.15, -0.1) is 0 Å². The van der Waals surface area contributed by atoms with Gasteiger partial charge >= 0.3 is 5.97 Å². The highest BCUT2D eigenvalue weighted by Gasteiger charge is 2.33. The maximum absolute atomic E-state index is 11.3. The van der Waals surface area contributed by atoms with E-state index in [1.165, 1.54) is 0 Å². The van der Waals surface area contributed by atoms with Gasteiger partial charge in [-0.2, -0.15) is 0 Å². The second-order valence-corrected chi connectivity index (χ2v) is 4.92. The number of carbonyl (C=O) groups is 1. The van der Waals surface area contributed by atoms with E-state index in [4.69, 9.17) is 9.47 Å². The lowest BCUT2D eigenvalue weighted by molar-refractivity contribution is -0.142. The zero-order chi connectivity index (χ0) is 14.8. The summed E-state index contributed by atoms with van der Waals surface area (Å²) in [5, 5.41) is 9.29. The topological polar surface area (TPSA) is 59.0 Å². The molecule has 0 saturated carbocycles. The van der Waals surface area contributed by atoms with Gasteiger partial charge in [0.05, 0.1) is 14.2 Å². The molecule has 106 valence electrons. The zero-order valence-corrected chi connectivity index (χ0v) is 12.3. The van der Waals surface area contributed by atoms with Gasteiger partial charge in [0, 0.05) is 18.8 Å². The Morgan fingerprint density at radius 3 is 2.11 bits per heavy atom. The third-order valence-corrected chi connectivity index (χ3v) is 3.43. The lowest BCUT2D eigenvalue weighted by atomic mass is 10.0. The van der Waals surface area contributed by atoms with Gasteiger partial charge in [0.2, 0.25) is 0 Å². The molecule has 0 atom stereocenters. The summed E-state index contributed by atoms with van der Waals surface area (Å²) in [5.41, 5.74) is 0.712. The number of ether oxygens (including phenoxy) is 2. The molecule has 0 fully saturated rings. The quantitative estimate of drug-likeness (QED) is 0.887. The third kappa shape index (κ3) is 2.75. The molecule has 1 N–H and O–H groups in total. The van der Waals surface area contributed by atoms with Gasteiger partial charge in [-0.1, -0.05) is 0 Å². The smallest absolute Gasteiger partial charge is 0.328 e. The lowest BCUT2D eigenvalue weighted by Gasteiger charge is -2.34. The Morgan fingerprint density at radius 1 is 1.21 bits per heavy atom. The number of hydrogen-bond donors (Lipinski definition) is 1. The van der Waals surface area contributed by atoms with Gasteiger partial charge in [-0.25, -0.2) is 4.79 Å². The van der Waals surface area contributed by atoms with Gasteiger partial charge in [-0.3, -0.25) is 0 Å². The Hall–Kier alpha value is -1.91. The summed E-state index contributed by atoms with van der Waals surface area (Å²) in [6.45, 7) is 5.22. The van der Waals surface area contributed by atoms with Crippen LogP contribution in [0, 0.1) is 6.92 Å². The summed E-state index contributed by atoms with van der Waals surface area (Å²) in [4.78, 5) is 13.0. The molecular formula is C14H21NO4. The molecule has 1 aromatic carbocycles.